The minimum atomic E-state index is -0.890. The average Bonchev–Trinajstić information content (AvgIpc) is 2.85. The van der Waals surface area contributed by atoms with E-state index in [9.17, 15) is 9.90 Å². The fourth-order valence-electron chi connectivity index (χ4n) is 1.95. The summed E-state index contributed by atoms with van der Waals surface area (Å²) in [5.41, 5.74) is 0.900. The Labute approximate surface area is 107 Å². The molecular formula is C10H12N4O3S. The Kier molecular flexibility index (Phi) is 2.67. The molecule has 2 aromatic heterocycles. The molecule has 0 amide bonds. The lowest BCUT2D eigenvalue weighted by molar-refractivity contribution is -0.141. The van der Waals surface area contributed by atoms with Gasteiger partial charge in [-0.15, -0.1) is 5.10 Å². The maximum atomic E-state index is 11.2. The number of aliphatic carboxylic acids is 1. The third-order valence-corrected chi connectivity index (χ3v) is 3.77. The predicted octanol–water partition coefficient (Wildman–Crippen LogP) is 0.389. The van der Waals surface area contributed by atoms with Crippen LogP contribution in [0.1, 0.15) is 5.69 Å². The number of ether oxygens (including phenoxy) is 1. The van der Waals surface area contributed by atoms with E-state index in [1.165, 1.54) is 11.3 Å². The Balaban J connectivity index is 1.95. The van der Waals surface area contributed by atoms with Gasteiger partial charge in [-0.1, -0.05) is 11.3 Å². The van der Waals surface area contributed by atoms with Crippen LogP contribution in [0.4, 0.5) is 5.13 Å². The highest BCUT2D eigenvalue weighted by Gasteiger charge is 2.31. The van der Waals surface area contributed by atoms with Gasteiger partial charge in [-0.25, -0.2) is 14.3 Å². The number of fused-ring (bicyclic) bond motifs is 1. The lowest BCUT2D eigenvalue weighted by atomic mass is 10.2. The van der Waals surface area contributed by atoms with Crippen LogP contribution in [0.25, 0.3) is 4.96 Å². The Hall–Kier alpha value is -1.67. The van der Waals surface area contributed by atoms with Gasteiger partial charge in [0.15, 0.2) is 6.04 Å². The molecule has 3 heterocycles. The Morgan fingerprint density at radius 3 is 3.22 bits per heavy atom. The molecule has 0 spiro atoms. The molecule has 1 aliphatic heterocycles. The molecule has 1 saturated heterocycles. The van der Waals surface area contributed by atoms with Gasteiger partial charge in [-0.2, -0.15) is 0 Å². The molecule has 2 aromatic rings. The topological polar surface area (TPSA) is 80.0 Å². The summed E-state index contributed by atoms with van der Waals surface area (Å²) in [5.74, 6) is -0.890. The van der Waals surface area contributed by atoms with Gasteiger partial charge in [-0.05, 0) is 6.92 Å². The molecule has 0 aliphatic carbocycles. The molecular weight excluding hydrogens is 256 g/mol. The van der Waals surface area contributed by atoms with E-state index in [-0.39, 0.29) is 6.61 Å². The number of imidazole rings is 1. The van der Waals surface area contributed by atoms with Crippen molar-refractivity contribution in [2.24, 2.45) is 0 Å². The molecule has 1 N–H and O–H groups in total. The lowest BCUT2D eigenvalue weighted by Gasteiger charge is -2.32. The normalized spacial score (nSPS) is 20.5. The molecule has 0 radical (unpaired) electrons. The summed E-state index contributed by atoms with van der Waals surface area (Å²) in [5, 5.41) is 14.2. The molecule has 0 bridgehead atoms. The highest BCUT2D eigenvalue weighted by molar-refractivity contribution is 7.20. The zero-order valence-corrected chi connectivity index (χ0v) is 10.6. The van der Waals surface area contributed by atoms with Gasteiger partial charge in [0.25, 0.3) is 0 Å². The van der Waals surface area contributed by atoms with E-state index < -0.39 is 12.0 Å². The summed E-state index contributed by atoms with van der Waals surface area (Å²) in [4.78, 5) is 18.0. The zero-order valence-electron chi connectivity index (χ0n) is 9.74. The molecule has 7 nitrogen and oxygen atoms in total. The van der Waals surface area contributed by atoms with E-state index in [1.54, 1.807) is 9.42 Å². The molecule has 1 unspecified atom stereocenters. The largest absolute Gasteiger partial charge is 0.480 e. The SMILES string of the molecule is Cc1cn2nc(N3CCOCC3C(=O)O)sc2n1. The Bertz CT molecular complexity index is 561. The van der Waals surface area contributed by atoms with Crippen molar-refractivity contribution in [3.8, 4) is 0 Å². The maximum Gasteiger partial charge on any atom is 0.328 e. The van der Waals surface area contributed by atoms with E-state index in [0.717, 1.165) is 10.7 Å². The summed E-state index contributed by atoms with van der Waals surface area (Å²) < 4.78 is 6.89. The second-order valence-electron chi connectivity index (χ2n) is 4.12. The first-order valence-corrected chi connectivity index (χ1v) is 6.37. The van der Waals surface area contributed by atoms with Crippen LogP contribution in [0.5, 0.6) is 0 Å². The van der Waals surface area contributed by atoms with Crippen molar-refractivity contribution < 1.29 is 14.6 Å². The number of carbonyl (C=O) groups is 1. The van der Waals surface area contributed by atoms with Crippen LogP contribution in [-0.4, -0.2) is 51.5 Å². The molecule has 0 aromatic carbocycles. The summed E-state index contributed by atoms with van der Waals surface area (Å²) in [6.07, 6.45) is 1.82. The number of hydrogen-bond donors (Lipinski definition) is 1. The first kappa shape index (κ1) is 11.4. The van der Waals surface area contributed by atoms with Crippen LogP contribution >= 0.6 is 11.3 Å². The standard InChI is InChI=1S/C10H12N4O3S/c1-6-4-14-9(11-6)18-10(12-14)13-2-3-17-5-7(13)8(15)16/h4,7H,2-3,5H2,1H3,(H,15,16). The number of aryl methyl sites for hydroxylation is 1. The van der Waals surface area contributed by atoms with Crippen molar-refractivity contribution in [1.82, 2.24) is 14.6 Å². The summed E-state index contributed by atoms with van der Waals surface area (Å²) >= 11 is 1.39. The Morgan fingerprint density at radius 1 is 1.67 bits per heavy atom. The number of rotatable bonds is 2. The molecule has 8 heteroatoms. The van der Waals surface area contributed by atoms with E-state index in [0.29, 0.717) is 18.3 Å². The molecule has 1 fully saturated rings. The van der Waals surface area contributed by atoms with E-state index in [2.05, 4.69) is 10.1 Å². The molecule has 1 atom stereocenters. The van der Waals surface area contributed by atoms with Gasteiger partial charge in [0, 0.05) is 6.54 Å². The number of carboxylic acids is 1. The van der Waals surface area contributed by atoms with Gasteiger partial charge in [0.05, 0.1) is 25.1 Å². The molecule has 3 rings (SSSR count). The maximum absolute atomic E-state index is 11.2. The minimum absolute atomic E-state index is 0.191. The monoisotopic (exact) mass is 268 g/mol. The van der Waals surface area contributed by atoms with Crippen molar-refractivity contribution in [1.29, 1.82) is 0 Å². The van der Waals surface area contributed by atoms with Gasteiger partial charge in [0.1, 0.15) is 0 Å². The summed E-state index contributed by atoms with van der Waals surface area (Å²) in [6.45, 7) is 3.14. The minimum Gasteiger partial charge on any atom is -0.480 e. The fraction of sp³-hybridized carbons (Fsp3) is 0.500. The number of aromatic nitrogens is 3. The summed E-state index contributed by atoms with van der Waals surface area (Å²) in [7, 11) is 0. The second-order valence-corrected chi connectivity index (χ2v) is 5.05. The van der Waals surface area contributed by atoms with Crippen molar-refractivity contribution in [3.63, 3.8) is 0 Å². The molecule has 18 heavy (non-hydrogen) atoms. The van der Waals surface area contributed by atoms with Crippen LogP contribution in [0, 0.1) is 6.92 Å². The van der Waals surface area contributed by atoms with Gasteiger partial charge in [-0.3, -0.25) is 0 Å². The fourth-order valence-corrected chi connectivity index (χ4v) is 2.96. The van der Waals surface area contributed by atoms with Gasteiger partial charge in [0.2, 0.25) is 10.1 Å². The first-order chi connectivity index (χ1) is 8.65. The molecule has 0 saturated carbocycles. The lowest BCUT2D eigenvalue weighted by Crippen LogP contribution is -2.50. The average molecular weight is 268 g/mol. The third-order valence-electron chi connectivity index (χ3n) is 2.81. The Morgan fingerprint density at radius 2 is 2.50 bits per heavy atom. The number of morpholine rings is 1. The predicted molar refractivity (Wildman–Crippen MR) is 65.2 cm³/mol. The van der Waals surface area contributed by atoms with Crippen LogP contribution < -0.4 is 4.90 Å². The van der Waals surface area contributed by atoms with Crippen molar-refractivity contribution in [2.75, 3.05) is 24.7 Å². The van der Waals surface area contributed by atoms with Crippen LogP contribution in [0.3, 0.4) is 0 Å². The third kappa shape index (κ3) is 1.83. The molecule has 1 aliphatic rings. The molecule has 96 valence electrons. The van der Waals surface area contributed by atoms with E-state index in [1.807, 2.05) is 13.1 Å². The number of hydrogen-bond acceptors (Lipinski definition) is 6. The van der Waals surface area contributed by atoms with Crippen molar-refractivity contribution in [2.45, 2.75) is 13.0 Å². The smallest absolute Gasteiger partial charge is 0.328 e. The highest BCUT2D eigenvalue weighted by atomic mass is 32.1. The summed E-state index contributed by atoms with van der Waals surface area (Å²) in [6, 6.07) is -0.671. The quantitative estimate of drug-likeness (QED) is 0.848. The van der Waals surface area contributed by atoms with Crippen LogP contribution in [-0.2, 0) is 9.53 Å². The van der Waals surface area contributed by atoms with E-state index in [4.69, 9.17) is 4.74 Å². The van der Waals surface area contributed by atoms with Crippen molar-refractivity contribution in [3.05, 3.63) is 11.9 Å². The van der Waals surface area contributed by atoms with Crippen LogP contribution in [0.2, 0.25) is 0 Å². The first-order valence-electron chi connectivity index (χ1n) is 5.55. The van der Waals surface area contributed by atoms with Crippen molar-refractivity contribution >= 4 is 27.4 Å². The second kappa shape index (κ2) is 4.21. The zero-order chi connectivity index (χ0) is 12.7. The van der Waals surface area contributed by atoms with Gasteiger partial charge < -0.3 is 14.7 Å². The van der Waals surface area contributed by atoms with E-state index >= 15 is 0 Å². The van der Waals surface area contributed by atoms with Gasteiger partial charge >= 0.3 is 5.97 Å². The van der Waals surface area contributed by atoms with Crippen LogP contribution in [0.15, 0.2) is 6.20 Å². The number of anilines is 1. The number of nitrogens with zero attached hydrogens (tertiary/aromatic N) is 4. The number of carboxylic acid groups (broad SMARTS) is 1. The highest BCUT2D eigenvalue weighted by Crippen LogP contribution is 2.26.